The highest BCUT2D eigenvalue weighted by Crippen LogP contribution is 2.40. The molecule has 0 aromatic heterocycles. The quantitative estimate of drug-likeness (QED) is 0.733. The fourth-order valence-electron chi connectivity index (χ4n) is 1.68. The molecule has 2 nitrogen and oxygen atoms in total. The molecule has 1 aliphatic rings. The third-order valence-corrected chi connectivity index (χ3v) is 2.60. The van der Waals surface area contributed by atoms with Crippen LogP contribution in [-0.2, 0) is 13.1 Å². The van der Waals surface area contributed by atoms with Crippen molar-refractivity contribution in [2.24, 2.45) is 11.5 Å². The second-order valence-corrected chi connectivity index (χ2v) is 3.77. The van der Waals surface area contributed by atoms with Gasteiger partial charge in [-0.3, -0.25) is 0 Å². The van der Waals surface area contributed by atoms with Gasteiger partial charge in [-0.1, -0.05) is 18.2 Å². The van der Waals surface area contributed by atoms with Crippen LogP contribution in [0, 0.1) is 0 Å². The minimum absolute atomic E-state index is 0.619. The molecule has 1 fully saturated rings. The fourth-order valence-corrected chi connectivity index (χ4v) is 1.68. The van der Waals surface area contributed by atoms with Crippen LogP contribution in [0.2, 0.25) is 0 Å². The van der Waals surface area contributed by atoms with Gasteiger partial charge >= 0.3 is 0 Å². The molecule has 70 valence electrons. The summed E-state index contributed by atoms with van der Waals surface area (Å²) in [5.74, 6) is 0.789. The molecule has 2 heteroatoms. The lowest BCUT2D eigenvalue weighted by atomic mass is 10.0. The molecule has 1 saturated carbocycles. The zero-order valence-corrected chi connectivity index (χ0v) is 7.79. The lowest BCUT2D eigenvalue weighted by molar-refractivity contribution is 0.997. The summed E-state index contributed by atoms with van der Waals surface area (Å²) in [5, 5.41) is 0. The van der Waals surface area contributed by atoms with Crippen LogP contribution in [0.3, 0.4) is 0 Å². The van der Waals surface area contributed by atoms with E-state index in [9.17, 15) is 0 Å². The Bertz CT molecular complexity index is 281. The maximum atomic E-state index is 5.62. The lowest BCUT2D eigenvalue weighted by Gasteiger charge is -2.06. The highest BCUT2D eigenvalue weighted by Gasteiger charge is 2.23. The normalized spacial score (nSPS) is 16.2. The molecule has 1 aliphatic carbocycles. The van der Waals surface area contributed by atoms with Crippen molar-refractivity contribution in [3.05, 3.63) is 34.9 Å². The Labute approximate surface area is 78.9 Å². The first-order chi connectivity index (χ1) is 6.33. The maximum absolute atomic E-state index is 5.62. The van der Waals surface area contributed by atoms with Gasteiger partial charge < -0.3 is 11.5 Å². The molecule has 0 spiro atoms. The van der Waals surface area contributed by atoms with Gasteiger partial charge in [0, 0.05) is 13.1 Å². The predicted octanol–water partition coefficient (Wildman–Crippen LogP) is 1.48. The summed E-state index contributed by atoms with van der Waals surface area (Å²) in [5.41, 5.74) is 15.1. The molecular formula is C11H16N2. The van der Waals surface area contributed by atoms with Gasteiger partial charge in [0.05, 0.1) is 0 Å². The van der Waals surface area contributed by atoms with E-state index in [-0.39, 0.29) is 0 Å². The van der Waals surface area contributed by atoms with Gasteiger partial charge in [-0.25, -0.2) is 0 Å². The van der Waals surface area contributed by atoms with E-state index in [1.165, 1.54) is 29.5 Å². The van der Waals surface area contributed by atoms with Crippen molar-refractivity contribution in [1.82, 2.24) is 0 Å². The molecule has 0 saturated heterocycles. The summed E-state index contributed by atoms with van der Waals surface area (Å²) >= 11 is 0. The van der Waals surface area contributed by atoms with Gasteiger partial charge in [0.2, 0.25) is 0 Å². The Kier molecular flexibility index (Phi) is 2.34. The monoisotopic (exact) mass is 176 g/mol. The Morgan fingerprint density at radius 3 is 1.92 bits per heavy atom. The average molecular weight is 176 g/mol. The topological polar surface area (TPSA) is 52.0 Å². The highest BCUT2D eigenvalue weighted by molar-refractivity contribution is 5.34. The molecule has 0 amide bonds. The number of hydrogen-bond donors (Lipinski definition) is 2. The lowest BCUT2D eigenvalue weighted by Crippen LogP contribution is -2.02. The van der Waals surface area contributed by atoms with E-state index < -0.39 is 0 Å². The van der Waals surface area contributed by atoms with Gasteiger partial charge in [0.25, 0.3) is 0 Å². The number of rotatable bonds is 3. The zero-order chi connectivity index (χ0) is 9.26. The molecule has 13 heavy (non-hydrogen) atoms. The third-order valence-electron chi connectivity index (χ3n) is 2.60. The first-order valence-electron chi connectivity index (χ1n) is 4.86. The first-order valence-corrected chi connectivity index (χ1v) is 4.86. The molecule has 0 radical (unpaired) electrons. The molecule has 0 atom stereocenters. The van der Waals surface area contributed by atoms with Crippen LogP contribution >= 0.6 is 0 Å². The van der Waals surface area contributed by atoms with E-state index in [0.29, 0.717) is 13.1 Å². The van der Waals surface area contributed by atoms with E-state index in [0.717, 1.165) is 5.92 Å². The van der Waals surface area contributed by atoms with E-state index in [1.807, 2.05) is 0 Å². The minimum atomic E-state index is 0.619. The Balaban J connectivity index is 2.33. The molecule has 0 bridgehead atoms. The number of hydrogen-bond acceptors (Lipinski definition) is 2. The Hall–Kier alpha value is -0.860. The third kappa shape index (κ3) is 1.90. The summed E-state index contributed by atoms with van der Waals surface area (Å²) in [7, 11) is 0. The molecular weight excluding hydrogens is 160 g/mol. The van der Waals surface area contributed by atoms with Gasteiger partial charge in [0.15, 0.2) is 0 Å². The molecule has 2 rings (SSSR count). The largest absolute Gasteiger partial charge is 0.326 e. The standard InChI is InChI=1S/C11H16N2/c12-6-8-3-9(7-13)5-11(4-8)10-1-2-10/h3-5,10H,1-2,6-7,12-13H2. The van der Waals surface area contributed by atoms with Crippen LogP contribution < -0.4 is 11.5 Å². The number of benzene rings is 1. The maximum Gasteiger partial charge on any atom is 0.0178 e. The van der Waals surface area contributed by atoms with Crippen LogP contribution in [0.15, 0.2) is 18.2 Å². The van der Waals surface area contributed by atoms with Gasteiger partial charge in [0.1, 0.15) is 0 Å². The average Bonchev–Trinajstić information content (AvgIpc) is 3.00. The highest BCUT2D eigenvalue weighted by atomic mass is 14.5. The summed E-state index contributed by atoms with van der Waals surface area (Å²) < 4.78 is 0. The Morgan fingerprint density at radius 1 is 1.00 bits per heavy atom. The molecule has 1 aromatic carbocycles. The fraction of sp³-hybridized carbons (Fsp3) is 0.455. The molecule has 4 N–H and O–H groups in total. The van der Waals surface area contributed by atoms with Crippen LogP contribution in [0.25, 0.3) is 0 Å². The van der Waals surface area contributed by atoms with E-state index in [1.54, 1.807) is 0 Å². The van der Waals surface area contributed by atoms with Gasteiger partial charge in [-0.05, 0) is 35.4 Å². The molecule has 0 aliphatic heterocycles. The van der Waals surface area contributed by atoms with Crippen molar-refractivity contribution in [1.29, 1.82) is 0 Å². The van der Waals surface area contributed by atoms with Crippen LogP contribution in [0.4, 0.5) is 0 Å². The molecule has 0 unspecified atom stereocenters. The smallest absolute Gasteiger partial charge is 0.0178 e. The van der Waals surface area contributed by atoms with Crippen molar-refractivity contribution in [2.45, 2.75) is 31.8 Å². The van der Waals surface area contributed by atoms with Gasteiger partial charge in [-0.2, -0.15) is 0 Å². The summed E-state index contributed by atoms with van der Waals surface area (Å²) in [6, 6.07) is 6.54. The van der Waals surface area contributed by atoms with Crippen molar-refractivity contribution in [3.8, 4) is 0 Å². The van der Waals surface area contributed by atoms with Crippen LogP contribution in [0.5, 0.6) is 0 Å². The second-order valence-electron chi connectivity index (χ2n) is 3.77. The van der Waals surface area contributed by atoms with E-state index >= 15 is 0 Å². The molecule has 0 heterocycles. The SMILES string of the molecule is NCc1cc(CN)cc(C2CC2)c1. The predicted molar refractivity (Wildman–Crippen MR) is 54.2 cm³/mol. The Morgan fingerprint density at radius 2 is 1.54 bits per heavy atom. The van der Waals surface area contributed by atoms with Crippen molar-refractivity contribution < 1.29 is 0 Å². The minimum Gasteiger partial charge on any atom is -0.326 e. The van der Waals surface area contributed by atoms with Crippen molar-refractivity contribution in [2.75, 3.05) is 0 Å². The summed E-state index contributed by atoms with van der Waals surface area (Å²) in [6.07, 6.45) is 2.66. The van der Waals surface area contributed by atoms with Crippen LogP contribution in [0.1, 0.15) is 35.4 Å². The first kappa shape index (κ1) is 8.73. The summed E-state index contributed by atoms with van der Waals surface area (Å²) in [6.45, 7) is 1.24. The van der Waals surface area contributed by atoms with Crippen molar-refractivity contribution in [3.63, 3.8) is 0 Å². The zero-order valence-electron chi connectivity index (χ0n) is 7.79. The van der Waals surface area contributed by atoms with Gasteiger partial charge in [-0.15, -0.1) is 0 Å². The summed E-state index contributed by atoms with van der Waals surface area (Å²) in [4.78, 5) is 0. The second kappa shape index (κ2) is 3.48. The van der Waals surface area contributed by atoms with Crippen molar-refractivity contribution >= 4 is 0 Å². The van der Waals surface area contributed by atoms with Crippen LogP contribution in [-0.4, -0.2) is 0 Å². The van der Waals surface area contributed by atoms with E-state index in [4.69, 9.17) is 11.5 Å². The van der Waals surface area contributed by atoms with E-state index in [2.05, 4.69) is 18.2 Å². The molecule has 1 aromatic rings. The number of nitrogens with two attached hydrogens (primary N) is 2.